The highest BCUT2D eigenvalue weighted by molar-refractivity contribution is 5.85. The van der Waals surface area contributed by atoms with Crippen LogP contribution in [0.15, 0.2) is 18.2 Å². The molecule has 0 radical (unpaired) electrons. The summed E-state index contributed by atoms with van der Waals surface area (Å²) >= 11 is 0. The summed E-state index contributed by atoms with van der Waals surface area (Å²) in [6.45, 7) is 3.05. The maximum Gasteiger partial charge on any atom is 0.227 e. The van der Waals surface area contributed by atoms with Crippen LogP contribution in [-0.2, 0) is 17.8 Å². The fraction of sp³-hybridized carbons (Fsp3) is 0.650. The third-order valence-corrected chi connectivity index (χ3v) is 5.84. The van der Waals surface area contributed by atoms with Crippen molar-refractivity contribution >= 4 is 18.3 Å². The molecule has 1 amide bonds. The van der Waals surface area contributed by atoms with Crippen molar-refractivity contribution in [3.63, 3.8) is 0 Å². The molecule has 5 heteroatoms. The first-order valence-electron chi connectivity index (χ1n) is 9.30. The highest BCUT2D eigenvalue weighted by Gasteiger charge is 2.36. The molecule has 25 heavy (non-hydrogen) atoms. The van der Waals surface area contributed by atoms with E-state index in [-0.39, 0.29) is 24.2 Å². The molecular formula is C20H31ClN2O2. The Bertz CT molecular complexity index is 587. The van der Waals surface area contributed by atoms with E-state index in [1.54, 1.807) is 7.11 Å². The van der Waals surface area contributed by atoms with E-state index in [0.717, 1.165) is 12.2 Å². The molecule has 3 rings (SSSR count). The number of ether oxygens (including phenoxy) is 1. The van der Waals surface area contributed by atoms with Gasteiger partial charge in [-0.25, -0.2) is 0 Å². The van der Waals surface area contributed by atoms with Gasteiger partial charge >= 0.3 is 0 Å². The lowest BCUT2D eigenvalue weighted by Gasteiger charge is -2.43. The van der Waals surface area contributed by atoms with Crippen molar-refractivity contribution in [1.29, 1.82) is 0 Å². The topological polar surface area (TPSA) is 55.6 Å². The van der Waals surface area contributed by atoms with Gasteiger partial charge in [0.1, 0.15) is 5.75 Å². The first kappa shape index (κ1) is 20.1. The Morgan fingerprint density at radius 2 is 2.00 bits per heavy atom. The molecule has 1 aromatic carbocycles. The number of carbonyl (C=O) groups excluding carboxylic acids is 1. The summed E-state index contributed by atoms with van der Waals surface area (Å²) in [6, 6.07) is 6.63. The summed E-state index contributed by atoms with van der Waals surface area (Å²) in [4.78, 5) is 15.1. The van der Waals surface area contributed by atoms with Crippen molar-refractivity contribution in [1.82, 2.24) is 4.90 Å². The van der Waals surface area contributed by atoms with Crippen molar-refractivity contribution < 1.29 is 9.53 Å². The largest absolute Gasteiger partial charge is 0.497 e. The van der Waals surface area contributed by atoms with Crippen molar-refractivity contribution in [2.75, 3.05) is 13.7 Å². The fourth-order valence-electron chi connectivity index (χ4n) is 4.28. The molecule has 4 nitrogen and oxygen atoms in total. The minimum atomic E-state index is -0.108. The number of nitrogens with zero attached hydrogens (tertiary/aromatic N) is 1. The summed E-state index contributed by atoms with van der Waals surface area (Å²) in [5.74, 6) is 1.59. The lowest BCUT2D eigenvalue weighted by Crippen LogP contribution is -2.51. The lowest BCUT2D eigenvalue weighted by molar-refractivity contribution is -0.140. The molecule has 1 aliphatic heterocycles. The Labute approximate surface area is 157 Å². The second-order valence-corrected chi connectivity index (χ2v) is 7.41. The molecule has 1 fully saturated rings. The second-order valence-electron chi connectivity index (χ2n) is 7.41. The first-order valence-corrected chi connectivity index (χ1v) is 9.30. The Hall–Kier alpha value is -1.26. The van der Waals surface area contributed by atoms with Gasteiger partial charge in [0.05, 0.1) is 7.11 Å². The van der Waals surface area contributed by atoms with Crippen LogP contribution in [0.5, 0.6) is 5.75 Å². The number of amides is 1. The van der Waals surface area contributed by atoms with Gasteiger partial charge in [0.15, 0.2) is 0 Å². The zero-order valence-corrected chi connectivity index (χ0v) is 16.2. The van der Waals surface area contributed by atoms with E-state index in [1.807, 2.05) is 13.0 Å². The Morgan fingerprint density at radius 3 is 2.64 bits per heavy atom. The maximum absolute atomic E-state index is 13.0. The van der Waals surface area contributed by atoms with Crippen LogP contribution in [0.3, 0.4) is 0 Å². The first-order chi connectivity index (χ1) is 11.6. The highest BCUT2D eigenvalue weighted by atomic mass is 35.5. The summed E-state index contributed by atoms with van der Waals surface area (Å²) < 4.78 is 5.36. The number of hydrogen-bond donors (Lipinski definition) is 1. The van der Waals surface area contributed by atoms with Gasteiger partial charge in [-0.1, -0.05) is 32.3 Å². The molecule has 2 N–H and O–H groups in total. The van der Waals surface area contributed by atoms with Crippen LogP contribution >= 0.6 is 12.4 Å². The van der Waals surface area contributed by atoms with E-state index in [1.165, 1.54) is 43.2 Å². The van der Waals surface area contributed by atoms with Gasteiger partial charge in [-0.05, 0) is 48.4 Å². The minimum Gasteiger partial charge on any atom is -0.497 e. The van der Waals surface area contributed by atoms with Crippen molar-refractivity contribution in [3.05, 3.63) is 29.3 Å². The number of hydrogen-bond acceptors (Lipinski definition) is 3. The molecule has 1 aliphatic carbocycles. The number of carbonyl (C=O) groups is 1. The van der Waals surface area contributed by atoms with Crippen LogP contribution in [0.4, 0.5) is 0 Å². The van der Waals surface area contributed by atoms with Crippen molar-refractivity contribution in [3.8, 4) is 5.75 Å². The lowest BCUT2D eigenvalue weighted by atomic mass is 9.78. The Morgan fingerprint density at radius 1 is 1.28 bits per heavy atom. The Balaban J connectivity index is 0.00000225. The van der Waals surface area contributed by atoms with E-state index in [4.69, 9.17) is 10.5 Å². The van der Waals surface area contributed by atoms with Crippen molar-refractivity contribution in [2.45, 2.75) is 58.0 Å². The number of nitrogens with two attached hydrogens (primary N) is 1. The molecule has 1 aromatic rings. The third kappa shape index (κ3) is 4.29. The average Bonchev–Trinajstić information content (AvgIpc) is 2.65. The van der Waals surface area contributed by atoms with Crippen LogP contribution in [0.1, 0.15) is 50.2 Å². The average molecular weight is 367 g/mol. The smallest absolute Gasteiger partial charge is 0.227 e. The molecular weight excluding hydrogens is 336 g/mol. The quantitative estimate of drug-likeness (QED) is 0.886. The van der Waals surface area contributed by atoms with Gasteiger partial charge in [-0.15, -0.1) is 12.4 Å². The standard InChI is InChI=1S/C20H30N2O2.ClH/c1-14(12-21)20(23)22-13-17-10-18(24-2)9-8-16(17)11-19(22)15-6-4-3-5-7-15;/h8-10,14-15,19H,3-7,11-13,21H2,1-2H3;1H. The third-order valence-electron chi connectivity index (χ3n) is 5.84. The molecule has 0 bridgehead atoms. The number of halogens is 1. The molecule has 2 unspecified atom stereocenters. The number of rotatable bonds is 4. The van der Waals surface area contributed by atoms with Gasteiger partial charge in [-0.3, -0.25) is 4.79 Å². The van der Waals surface area contributed by atoms with Crippen LogP contribution in [0, 0.1) is 11.8 Å². The van der Waals surface area contributed by atoms with E-state index in [9.17, 15) is 4.79 Å². The predicted octanol–water partition coefficient (Wildman–Crippen LogP) is 3.55. The predicted molar refractivity (Wildman–Crippen MR) is 103 cm³/mol. The molecule has 0 spiro atoms. The second kappa shape index (κ2) is 8.91. The fourth-order valence-corrected chi connectivity index (χ4v) is 4.28. The molecule has 1 heterocycles. The van der Waals surface area contributed by atoms with Crippen LogP contribution in [0.25, 0.3) is 0 Å². The zero-order valence-electron chi connectivity index (χ0n) is 15.4. The molecule has 0 saturated heterocycles. The molecule has 140 valence electrons. The summed E-state index contributed by atoms with van der Waals surface area (Å²) in [5, 5.41) is 0. The minimum absolute atomic E-state index is 0. The summed E-state index contributed by atoms with van der Waals surface area (Å²) in [6.07, 6.45) is 7.39. The van der Waals surface area contributed by atoms with Gasteiger partial charge < -0.3 is 15.4 Å². The van der Waals surface area contributed by atoms with Crippen LogP contribution < -0.4 is 10.5 Å². The molecule has 2 aliphatic rings. The van der Waals surface area contributed by atoms with E-state index in [0.29, 0.717) is 25.0 Å². The van der Waals surface area contributed by atoms with Gasteiger partial charge in [-0.2, -0.15) is 0 Å². The van der Waals surface area contributed by atoms with Crippen molar-refractivity contribution in [2.24, 2.45) is 17.6 Å². The summed E-state index contributed by atoms with van der Waals surface area (Å²) in [7, 11) is 1.69. The van der Waals surface area contributed by atoms with E-state index in [2.05, 4.69) is 17.0 Å². The van der Waals surface area contributed by atoms with Crippen LogP contribution in [0.2, 0.25) is 0 Å². The SMILES string of the molecule is COc1ccc2c(c1)CN(C(=O)C(C)CN)C(C1CCCCC1)C2.Cl. The van der Waals surface area contributed by atoms with Gasteiger partial charge in [0, 0.05) is 25.0 Å². The monoisotopic (exact) mass is 366 g/mol. The van der Waals surface area contributed by atoms with Crippen LogP contribution in [-0.4, -0.2) is 30.5 Å². The number of benzene rings is 1. The molecule has 0 aromatic heterocycles. The van der Waals surface area contributed by atoms with E-state index < -0.39 is 0 Å². The molecule has 1 saturated carbocycles. The van der Waals surface area contributed by atoms with Gasteiger partial charge in [0.25, 0.3) is 0 Å². The maximum atomic E-state index is 13.0. The van der Waals surface area contributed by atoms with Gasteiger partial charge in [0.2, 0.25) is 5.91 Å². The zero-order chi connectivity index (χ0) is 17.1. The normalized spacial score (nSPS) is 21.9. The summed E-state index contributed by atoms with van der Waals surface area (Å²) in [5.41, 5.74) is 8.37. The molecule has 2 atom stereocenters. The highest BCUT2D eigenvalue weighted by Crippen LogP contribution is 2.36. The van der Waals surface area contributed by atoms with E-state index >= 15 is 0 Å². The number of fused-ring (bicyclic) bond motifs is 1. The Kier molecular flexibility index (Phi) is 7.14. The number of methoxy groups -OCH3 is 1.